The Morgan fingerprint density at radius 3 is 2.24 bits per heavy atom. The summed E-state index contributed by atoms with van der Waals surface area (Å²) in [5.74, 6) is -0.0202. The molecule has 1 fully saturated rings. The van der Waals surface area contributed by atoms with E-state index in [9.17, 15) is 14.7 Å². The van der Waals surface area contributed by atoms with Crippen LogP contribution in [-0.4, -0.2) is 22.9 Å². The molecular weight excluding hydrogens is 418 g/mol. The zero-order chi connectivity index (χ0) is 23.9. The Bertz CT molecular complexity index is 1250. The molecule has 3 aromatic rings. The van der Waals surface area contributed by atoms with E-state index in [0.717, 1.165) is 11.1 Å². The number of aliphatic hydroxyl groups is 1. The second kappa shape index (κ2) is 8.62. The van der Waals surface area contributed by atoms with Crippen molar-refractivity contribution in [3.05, 3.63) is 88.4 Å². The number of hydrogen-bond acceptors (Lipinski definition) is 5. The minimum atomic E-state index is -0.882. The molecule has 0 saturated carbocycles. The van der Waals surface area contributed by atoms with Crippen LogP contribution in [0.2, 0.25) is 0 Å². The first kappa shape index (κ1) is 22.4. The summed E-state index contributed by atoms with van der Waals surface area (Å²) in [6, 6.07) is 15.0. The molecule has 1 aliphatic heterocycles. The van der Waals surface area contributed by atoms with Gasteiger partial charge in [0, 0.05) is 11.3 Å². The number of ether oxygens (including phenoxy) is 1. The van der Waals surface area contributed by atoms with E-state index in [0.29, 0.717) is 28.5 Å². The van der Waals surface area contributed by atoms with Crippen molar-refractivity contribution in [2.24, 2.45) is 0 Å². The lowest BCUT2D eigenvalue weighted by molar-refractivity contribution is -0.132. The van der Waals surface area contributed by atoms with Crippen LogP contribution in [0.15, 0.2) is 64.6 Å². The molecule has 1 aliphatic rings. The third-order valence-corrected chi connectivity index (χ3v) is 5.74. The lowest BCUT2D eigenvalue weighted by Crippen LogP contribution is -2.29. The van der Waals surface area contributed by atoms with Crippen LogP contribution >= 0.6 is 0 Å². The number of aryl methyl sites for hydroxylation is 3. The summed E-state index contributed by atoms with van der Waals surface area (Å²) in [6.45, 7) is 9.57. The van der Waals surface area contributed by atoms with E-state index in [1.807, 2.05) is 39.8 Å². The predicted molar refractivity (Wildman–Crippen MR) is 126 cm³/mol. The zero-order valence-electron chi connectivity index (χ0n) is 19.4. The Kier molecular flexibility index (Phi) is 5.85. The number of furan rings is 1. The third-order valence-electron chi connectivity index (χ3n) is 5.74. The van der Waals surface area contributed by atoms with E-state index in [4.69, 9.17) is 9.15 Å². The quantitative estimate of drug-likeness (QED) is 0.313. The van der Waals surface area contributed by atoms with Crippen LogP contribution < -0.4 is 9.64 Å². The van der Waals surface area contributed by atoms with E-state index in [1.165, 1.54) is 4.90 Å². The average Bonchev–Trinajstić information content (AvgIpc) is 3.31. The molecule has 2 aromatic carbocycles. The van der Waals surface area contributed by atoms with E-state index < -0.39 is 17.7 Å². The number of anilines is 1. The molecule has 33 heavy (non-hydrogen) atoms. The van der Waals surface area contributed by atoms with Crippen molar-refractivity contribution in [3.8, 4) is 5.75 Å². The van der Waals surface area contributed by atoms with Crippen molar-refractivity contribution in [2.45, 2.75) is 46.8 Å². The van der Waals surface area contributed by atoms with Gasteiger partial charge in [-0.1, -0.05) is 6.07 Å². The summed E-state index contributed by atoms with van der Waals surface area (Å²) in [4.78, 5) is 27.8. The molecule has 1 amide bonds. The van der Waals surface area contributed by atoms with Crippen LogP contribution in [0.1, 0.15) is 48.1 Å². The van der Waals surface area contributed by atoms with Crippen LogP contribution in [0.5, 0.6) is 5.75 Å². The summed E-state index contributed by atoms with van der Waals surface area (Å²) in [7, 11) is 0. The highest BCUT2D eigenvalue weighted by Gasteiger charge is 2.48. The second-order valence-electron chi connectivity index (χ2n) is 8.58. The van der Waals surface area contributed by atoms with Gasteiger partial charge in [0.15, 0.2) is 0 Å². The normalized spacial score (nSPS) is 17.8. The van der Waals surface area contributed by atoms with Gasteiger partial charge in [-0.3, -0.25) is 14.5 Å². The van der Waals surface area contributed by atoms with E-state index in [-0.39, 0.29) is 17.4 Å². The van der Waals surface area contributed by atoms with Gasteiger partial charge in [0.2, 0.25) is 0 Å². The number of carbonyl (C=O) groups excluding carboxylic acids is 2. The van der Waals surface area contributed by atoms with E-state index >= 15 is 0 Å². The minimum Gasteiger partial charge on any atom is -0.507 e. The van der Waals surface area contributed by atoms with E-state index in [1.54, 1.807) is 49.4 Å². The van der Waals surface area contributed by atoms with Gasteiger partial charge in [-0.25, -0.2) is 0 Å². The fraction of sp³-hybridized carbons (Fsp3) is 0.259. The van der Waals surface area contributed by atoms with Crippen molar-refractivity contribution in [2.75, 3.05) is 4.90 Å². The first-order valence-electron chi connectivity index (χ1n) is 10.9. The van der Waals surface area contributed by atoms with Crippen molar-refractivity contribution in [1.29, 1.82) is 0 Å². The van der Waals surface area contributed by atoms with Gasteiger partial charge in [0.25, 0.3) is 11.7 Å². The number of carbonyl (C=O) groups is 2. The smallest absolute Gasteiger partial charge is 0.300 e. The monoisotopic (exact) mass is 445 g/mol. The molecule has 1 N–H and O–H groups in total. The standard InChI is InChI=1S/C27H27NO5/c1-15(2)32-21-11-8-19(9-12-21)25(29)23-24(22-13-7-18(5)33-22)28(27(31)26(23)30)20-10-6-16(3)17(4)14-20/h6-15,24,29H,1-5H3/b25-23-. The van der Waals surface area contributed by atoms with Gasteiger partial charge in [-0.15, -0.1) is 0 Å². The molecule has 6 nitrogen and oxygen atoms in total. The molecule has 0 aliphatic carbocycles. The molecule has 1 saturated heterocycles. The Labute approximate surface area is 193 Å². The molecule has 6 heteroatoms. The lowest BCUT2D eigenvalue weighted by Gasteiger charge is -2.24. The molecule has 1 atom stereocenters. The number of Topliss-reactive ketones (excluding diaryl/α,β-unsaturated/α-hetero) is 1. The highest BCUT2D eigenvalue weighted by atomic mass is 16.5. The number of ketones is 1. The summed E-state index contributed by atoms with van der Waals surface area (Å²) in [5.41, 5.74) is 3.04. The number of amides is 1. The van der Waals surface area contributed by atoms with Gasteiger partial charge in [0.05, 0.1) is 11.7 Å². The number of rotatable bonds is 5. The summed E-state index contributed by atoms with van der Waals surface area (Å²) < 4.78 is 11.5. The molecule has 170 valence electrons. The first-order chi connectivity index (χ1) is 15.7. The number of nitrogens with zero attached hydrogens (tertiary/aromatic N) is 1. The molecule has 4 rings (SSSR count). The molecule has 1 unspecified atom stereocenters. The Morgan fingerprint density at radius 1 is 0.970 bits per heavy atom. The van der Waals surface area contributed by atoms with Gasteiger partial charge in [0.1, 0.15) is 29.1 Å². The zero-order valence-corrected chi connectivity index (χ0v) is 19.4. The van der Waals surface area contributed by atoms with Crippen LogP contribution in [-0.2, 0) is 9.59 Å². The maximum Gasteiger partial charge on any atom is 0.300 e. The number of benzene rings is 2. The molecule has 0 bridgehead atoms. The van der Waals surface area contributed by atoms with Crippen molar-refractivity contribution in [3.63, 3.8) is 0 Å². The highest BCUT2D eigenvalue weighted by molar-refractivity contribution is 6.51. The number of hydrogen-bond donors (Lipinski definition) is 1. The third kappa shape index (κ3) is 4.16. The highest BCUT2D eigenvalue weighted by Crippen LogP contribution is 2.43. The molecule has 0 spiro atoms. The molecule has 1 aromatic heterocycles. The topological polar surface area (TPSA) is 80.0 Å². The van der Waals surface area contributed by atoms with Gasteiger partial charge >= 0.3 is 0 Å². The van der Waals surface area contributed by atoms with Gasteiger partial charge in [-0.05, 0) is 94.3 Å². The Hall–Kier alpha value is -3.80. The first-order valence-corrected chi connectivity index (χ1v) is 10.9. The van der Waals surface area contributed by atoms with Gasteiger partial charge < -0.3 is 14.3 Å². The Balaban J connectivity index is 1.86. The minimum absolute atomic E-state index is 0.00916. The van der Waals surface area contributed by atoms with Crippen LogP contribution in [0, 0.1) is 20.8 Å². The largest absolute Gasteiger partial charge is 0.507 e. The maximum atomic E-state index is 13.2. The van der Waals surface area contributed by atoms with Crippen LogP contribution in [0.3, 0.4) is 0 Å². The number of aliphatic hydroxyl groups excluding tert-OH is 1. The van der Waals surface area contributed by atoms with Gasteiger partial charge in [-0.2, -0.15) is 0 Å². The van der Waals surface area contributed by atoms with Crippen molar-refractivity contribution >= 4 is 23.1 Å². The lowest BCUT2D eigenvalue weighted by atomic mass is 9.99. The molecular formula is C27H27NO5. The summed E-state index contributed by atoms with van der Waals surface area (Å²) in [5, 5.41) is 11.2. The maximum absolute atomic E-state index is 13.2. The van der Waals surface area contributed by atoms with Crippen LogP contribution in [0.25, 0.3) is 5.76 Å². The predicted octanol–water partition coefficient (Wildman–Crippen LogP) is 5.62. The van der Waals surface area contributed by atoms with E-state index in [2.05, 4.69) is 0 Å². The Morgan fingerprint density at radius 2 is 1.67 bits per heavy atom. The second-order valence-corrected chi connectivity index (χ2v) is 8.58. The summed E-state index contributed by atoms with van der Waals surface area (Å²) in [6.07, 6.45) is 0.00919. The fourth-order valence-corrected chi connectivity index (χ4v) is 3.96. The fourth-order valence-electron chi connectivity index (χ4n) is 3.96. The average molecular weight is 446 g/mol. The summed E-state index contributed by atoms with van der Waals surface area (Å²) >= 11 is 0. The van der Waals surface area contributed by atoms with Crippen molar-refractivity contribution in [1.82, 2.24) is 0 Å². The molecule has 2 heterocycles. The van der Waals surface area contributed by atoms with Crippen molar-refractivity contribution < 1.29 is 23.8 Å². The molecule has 0 radical (unpaired) electrons. The van der Waals surface area contributed by atoms with Crippen LogP contribution in [0.4, 0.5) is 5.69 Å². The SMILES string of the molecule is Cc1ccc(C2/C(=C(/O)c3ccc(OC(C)C)cc3)C(=O)C(=O)N2c2ccc(C)c(C)c2)o1.